The van der Waals surface area contributed by atoms with E-state index in [0.29, 0.717) is 12.3 Å². The first-order chi connectivity index (χ1) is 6.00. The molecule has 0 radical (unpaired) electrons. The van der Waals surface area contributed by atoms with Gasteiger partial charge in [-0.2, -0.15) is 5.26 Å². The van der Waals surface area contributed by atoms with E-state index in [1.54, 1.807) is 6.07 Å². The highest BCUT2D eigenvalue weighted by Crippen LogP contribution is 2.41. The molecule has 0 saturated carbocycles. The molecule has 0 aliphatic heterocycles. The van der Waals surface area contributed by atoms with E-state index in [4.69, 9.17) is 5.26 Å². The molecule has 0 aromatic heterocycles. The van der Waals surface area contributed by atoms with Gasteiger partial charge >= 0.3 is 0 Å². The van der Waals surface area contributed by atoms with Crippen LogP contribution in [0.1, 0.15) is 27.2 Å². The molecule has 0 aromatic rings. The van der Waals surface area contributed by atoms with Crippen molar-refractivity contribution in [3.8, 4) is 6.07 Å². The van der Waals surface area contributed by atoms with E-state index in [1.807, 2.05) is 6.08 Å². The maximum atomic E-state index is 11.3. The van der Waals surface area contributed by atoms with Gasteiger partial charge in [0.2, 0.25) is 5.78 Å². The van der Waals surface area contributed by atoms with Gasteiger partial charge in [0.05, 0.1) is 0 Å². The number of hydrogen-bond acceptors (Lipinski definition) is 2. The highest BCUT2D eigenvalue weighted by atomic mass is 16.1. The Kier molecular flexibility index (Phi) is 2.56. The van der Waals surface area contributed by atoms with Gasteiger partial charge in [-0.05, 0) is 17.8 Å². The predicted octanol–water partition coefficient (Wildman–Crippen LogP) is 2.32. The van der Waals surface area contributed by atoms with Gasteiger partial charge in [-0.3, -0.25) is 4.79 Å². The van der Waals surface area contributed by atoms with E-state index in [0.717, 1.165) is 0 Å². The van der Waals surface area contributed by atoms with Crippen molar-refractivity contribution in [2.75, 3.05) is 0 Å². The number of allylic oxidation sites excluding steroid dienone is 2. The maximum absolute atomic E-state index is 11.3. The number of nitrogens with zero attached hydrogens (tertiary/aromatic N) is 1. The molecule has 1 rings (SSSR count). The predicted molar refractivity (Wildman–Crippen MR) is 50.8 cm³/mol. The first kappa shape index (κ1) is 9.98. The fourth-order valence-corrected chi connectivity index (χ4v) is 1.81. The van der Waals surface area contributed by atoms with Gasteiger partial charge in [-0.1, -0.05) is 32.9 Å². The Balaban J connectivity index is 2.95. The van der Waals surface area contributed by atoms with E-state index >= 15 is 0 Å². The van der Waals surface area contributed by atoms with E-state index in [9.17, 15) is 4.79 Å². The summed E-state index contributed by atoms with van der Waals surface area (Å²) in [6, 6.07) is 1.74. The molecule has 0 aromatic carbocycles. The largest absolute Gasteiger partial charge is 0.282 e. The third kappa shape index (κ3) is 1.65. The minimum atomic E-state index is -0.277. The van der Waals surface area contributed by atoms with Gasteiger partial charge in [-0.25, -0.2) is 0 Å². The summed E-state index contributed by atoms with van der Waals surface area (Å²) in [4.78, 5) is 11.3. The number of Topliss-reactive ketones (excluding diaryl/α,β-unsaturated/α-hetero) is 1. The Labute approximate surface area is 79.2 Å². The smallest absolute Gasteiger partial charge is 0.235 e. The number of ketones is 1. The Hall–Kier alpha value is -1.10. The van der Waals surface area contributed by atoms with Crippen LogP contribution in [0, 0.1) is 28.6 Å². The minimum absolute atomic E-state index is 0.0818. The van der Waals surface area contributed by atoms with E-state index < -0.39 is 0 Å². The van der Waals surface area contributed by atoms with Crippen LogP contribution >= 0.6 is 0 Å². The average molecular weight is 177 g/mol. The van der Waals surface area contributed by atoms with Crippen molar-refractivity contribution in [1.29, 1.82) is 5.26 Å². The molecule has 1 aliphatic rings. The zero-order chi connectivity index (χ0) is 10.1. The summed E-state index contributed by atoms with van der Waals surface area (Å²) >= 11 is 0. The van der Waals surface area contributed by atoms with Crippen LogP contribution < -0.4 is 0 Å². The summed E-state index contributed by atoms with van der Waals surface area (Å²) in [6.45, 7) is 6.20. The van der Waals surface area contributed by atoms with Gasteiger partial charge in [0.15, 0.2) is 0 Å². The molecule has 0 fully saturated rings. The Morgan fingerprint density at radius 1 is 1.62 bits per heavy atom. The zero-order valence-corrected chi connectivity index (χ0v) is 8.37. The Morgan fingerprint density at radius 3 is 2.77 bits per heavy atom. The van der Waals surface area contributed by atoms with Crippen molar-refractivity contribution in [3.63, 3.8) is 0 Å². The summed E-state index contributed by atoms with van der Waals surface area (Å²) in [7, 11) is 0. The molecule has 0 N–H and O–H groups in total. The van der Waals surface area contributed by atoms with E-state index in [-0.39, 0.29) is 17.1 Å². The lowest BCUT2D eigenvalue weighted by atomic mass is 9.64. The summed E-state index contributed by atoms with van der Waals surface area (Å²) in [5.74, 6) is -0.0396. The molecule has 0 amide bonds. The molecule has 0 spiro atoms. The lowest BCUT2D eigenvalue weighted by molar-refractivity contribution is -0.121. The number of carbonyl (C=O) groups excluding carboxylic acids is 1. The second-order valence-corrected chi connectivity index (χ2v) is 4.30. The van der Waals surface area contributed by atoms with Gasteiger partial charge < -0.3 is 0 Å². The maximum Gasteiger partial charge on any atom is 0.235 e. The van der Waals surface area contributed by atoms with Crippen LogP contribution in [0.15, 0.2) is 12.2 Å². The van der Waals surface area contributed by atoms with Crippen LogP contribution in [0.5, 0.6) is 0 Å². The molecule has 0 heterocycles. The number of nitriles is 1. The first-order valence-corrected chi connectivity index (χ1v) is 4.60. The third-order valence-electron chi connectivity index (χ3n) is 3.29. The summed E-state index contributed by atoms with van der Waals surface area (Å²) in [5, 5.41) is 8.58. The van der Waals surface area contributed by atoms with Gasteiger partial charge in [0, 0.05) is 5.92 Å². The van der Waals surface area contributed by atoms with Crippen LogP contribution in [0.2, 0.25) is 0 Å². The molecule has 2 atom stereocenters. The number of carbonyl (C=O) groups is 1. The van der Waals surface area contributed by atoms with Crippen molar-refractivity contribution in [1.82, 2.24) is 0 Å². The van der Waals surface area contributed by atoms with Crippen molar-refractivity contribution in [3.05, 3.63) is 12.2 Å². The van der Waals surface area contributed by atoms with Crippen LogP contribution in [0.25, 0.3) is 0 Å². The highest BCUT2D eigenvalue weighted by molar-refractivity contribution is 5.96. The number of rotatable bonds is 1. The molecular formula is C11H15NO. The molecule has 70 valence electrons. The summed E-state index contributed by atoms with van der Waals surface area (Å²) in [5.41, 5.74) is -0.0818. The quantitative estimate of drug-likeness (QED) is 0.455. The van der Waals surface area contributed by atoms with Crippen molar-refractivity contribution in [2.45, 2.75) is 27.2 Å². The second-order valence-electron chi connectivity index (χ2n) is 4.30. The van der Waals surface area contributed by atoms with Crippen LogP contribution in [0.3, 0.4) is 0 Å². The summed E-state index contributed by atoms with van der Waals surface area (Å²) in [6.07, 6.45) is 4.85. The van der Waals surface area contributed by atoms with Crippen molar-refractivity contribution in [2.24, 2.45) is 17.3 Å². The van der Waals surface area contributed by atoms with Gasteiger partial charge in [-0.15, -0.1) is 0 Å². The SMILES string of the molecule is CC1C=CCC(C(=O)C#N)C1(C)C. The number of hydrogen-bond donors (Lipinski definition) is 0. The topological polar surface area (TPSA) is 40.9 Å². The third-order valence-corrected chi connectivity index (χ3v) is 3.29. The second kappa shape index (κ2) is 3.33. The normalized spacial score (nSPS) is 30.9. The monoisotopic (exact) mass is 177 g/mol. The van der Waals surface area contributed by atoms with Crippen LogP contribution in [-0.4, -0.2) is 5.78 Å². The van der Waals surface area contributed by atoms with Gasteiger partial charge in [0.1, 0.15) is 6.07 Å². The molecule has 2 heteroatoms. The fraction of sp³-hybridized carbons (Fsp3) is 0.636. The van der Waals surface area contributed by atoms with Gasteiger partial charge in [0.25, 0.3) is 0 Å². The highest BCUT2D eigenvalue weighted by Gasteiger charge is 2.39. The zero-order valence-electron chi connectivity index (χ0n) is 8.37. The molecule has 2 unspecified atom stereocenters. The lowest BCUT2D eigenvalue weighted by Crippen LogP contribution is -2.36. The average Bonchev–Trinajstić information content (AvgIpc) is 2.08. The van der Waals surface area contributed by atoms with E-state index in [1.165, 1.54) is 0 Å². The molecule has 1 aliphatic carbocycles. The summed E-state index contributed by atoms with van der Waals surface area (Å²) < 4.78 is 0. The molecule has 13 heavy (non-hydrogen) atoms. The molecular weight excluding hydrogens is 162 g/mol. The lowest BCUT2D eigenvalue weighted by Gasteiger charge is -2.38. The Morgan fingerprint density at radius 2 is 2.23 bits per heavy atom. The van der Waals surface area contributed by atoms with Crippen LogP contribution in [0.4, 0.5) is 0 Å². The van der Waals surface area contributed by atoms with E-state index in [2.05, 4.69) is 26.8 Å². The van der Waals surface area contributed by atoms with Crippen molar-refractivity contribution >= 4 is 5.78 Å². The van der Waals surface area contributed by atoms with Crippen LogP contribution in [-0.2, 0) is 4.79 Å². The van der Waals surface area contributed by atoms with Crippen molar-refractivity contribution < 1.29 is 4.79 Å². The molecule has 0 saturated heterocycles. The standard InChI is InChI=1S/C11H15NO/c1-8-5-4-6-9(10(13)7-12)11(8,2)3/h4-5,8-9H,6H2,1-3H3. The molecule has 2 nitrogen and oxygen atoms in total. The first-order valence-electron chi connectivity index (χ1n) is 4.60. The fourth-order valence-electron chi connectivity index (χ4n) is 1.81. The molecule has 0 bridgehead atoms. The minimum Gasteiger partial charge on any atom is -0.282 e. The Bertz CT molecular complexity index is 283.